The van der Waals surface area contributed by atoms with Gasteiger partial charge in [-0.1, -0.05) is 6.07 Å². The van der Waals surface area contributed by atoms with Gasteiger partial charge in [-0.2, -0.15) is 0 Å². The van der Waals surface area contributed by atoms with E-state index in [1.165, 1.54) is 4.88 Å². The normalized spacial score (nSPS) is 15.2. The van der Waals surface area contributed by atoms with E-state index in [0.29, 0.717) is 0 Å². The van der Waals surface area contributed by atoms with Gasteiger partial charge in [0.15, 0.2) is 13.6 Å². The summed E-state index contributed by atoms with van der Waals surface area (Å²) in [6.07, 6.45) is 0. The number of nitrogens with zero attached hydrogens (tertiary/aromatic N) is 2. The first-order valence-corrected chi connectivity index (χ1v) is 9.55. The highest BCUT2D eigenvalue weighted by molar-refractivity contribution is 7.09. The van der Waals surface area contributed by atoms with Crippen molar-refractivity contribution in [2.24, 2.45) is 0 Å². The molecule has 0 radical (unpaired) electrons. The predicted molar refractivity (Wildman–Crippen MR) is 103 cm³/mol. The molecule has 0 spiro atoms. The van der Waals surface area contributed by atoms with Crippen molar-refractivity contribution in [2.45, 2.75) is 6.54 Å². The number of hydrogen-bond acceptors (Lipinski definition) is 7. The summed E-state index contributed by atoms with van der Waals surface area (Å²) >= 11 is 1.82. The van der Waals surface area contributed by atoms with Crippen LogP contribution in [0.15, 0.2) is 35.7 Å². The average Bonchev–Trinajstić information content (AvgIpc) is 3.18. The summed E-state index contributed by atoms with van der Waals surface area (Å²) in [5.41, 5.74) is 1.03. The SMILES string of the molecule is COCOc1ccc(OCOC)c(N2CCN(Cc3cccs3)CC2)c1. The van der Waals surface area contributed by atoms with Crippen molar-refractivity contribution in [2.75, 3.05) is 58.9 Å². The van der Waals surface area contributed by atoms with E-state index in [9.17, 15) is 0 Å². The van der Waals surface area contributed by atoms with Crippen LogP contribution in [0.2, 0.25) is 0 Å². The van der Waals surface area contributed by atoms with Crippen molar-refractivity contribution in [1.29, 1.82) is 0 Å². The molecule has 0 bridgehead atoms. The summed E-state index contributed by atoms with van der Waals surface area (Å²) in [6.45, 7) is 5.41. The Bertz CT molecular complexity index is 658. The molecule has 142 valence electrons. The van der Waals surface area contributed by atoms with Crippen LogP contribution in [-0.2, 0) is 16.0 Å². The van der Waals surface area contributed by atoms with Gasteiger partial charge in [0.1, 0.15) is 11.5 Å². The molecule has 3 rings (SSSR count). The summed E-state index contributed by atoms with van der Waals surface area (Å²) in [5, 5.41) is 2.14. The van der Waals surface area contributed by atoms with Crippen LogP contribution < -0.4 is 14.4 Å². The molecular weight excluding hydrogens is 352 g/mol. The molecule has 1 aromatic carbocycles. The Morgan fingerprint density at radius 1 is 0.962 bits per heavy atom. The zero-order chi connectivity index (χ0) is 18.2. The molecule has 1 fully saturated rings. The van der Waals surface area contributed by atoms with Crippen molar-refractivity contribution in [1.82, 2.24) is 4.90 Å². The molecule has 26 heavy (non-hydrogen) atoms. The summed E-state index contributed by atoms with van der Waals surface area (Å²) in [7, 11) is 3.24. The highest BCUT2D eigenvalue weighted by atomic mass is 32.1. The van der Waals surface area contributed by atoms with Crippen molar-refractivity contribution in [3.63, 3.8) is 0 Å². The quantitative estimate of drug-likeness (QED) is 0.625. The van der Waals surface area contributed by atoms with E-state index in [2.05, 4.69) is 27.3 Å². The van der Waals surface area contributed by atoms with Crippen molar-refractivity contribution < 1.29 is 18.9 Å². The number of hydrogen-bond donors (Lipinski definition) is 0. The van der Waals surface area contributed by atoms with Crippen LogP contribution in [0.3, 0.4) is 0 Å². The van der Waals surface area contributed by atoms with Gasteiger partial charge in [-0.15, -0.1) is 11.3 Å². The summed E-state index contributed by atoms with van der Waals surface area (Å²) in [4.78, 5) is 6.25. The summed E-state index contributed by atoms with van der Waals surface area (Å²) in [5.74, 6) is 1.58. The molecule has 0 aliphatic carbocycles. The van der Waals surface area contributed by atoms with E-state index in [0.717, 1.165) is 49.9 Å². The van der Waals surface area contributed by atoms with Gasteiger partial charge in [0.25, 0.3) is 0 Å². The number of anilines is 1. The van der Waals surface area contributed by atoms with Gasteiger partial charge >= 0.3 is 0 Å². The smallest absolute Gasteiger partial charge is 0.188 e. The molecule has 0 atom stereocenters. The summed E-state index contributed by atoms with van der Waals surface area (Å²) in [6, 6.07) is 10.1. The first kappa shape index (κ1) is 19.0. The fourth-order valence-electron chi connectivity index (χ4n) is 2.98. The molecule has 2 heterocycles. The first-order valence-electron chi connectivity index (χ1n) is 8.67. The molecular formula is C19H26N2O4S. The molecule has 0 saturated carbocycles. The van der Waals surface area contributed by atoms with E-state index in [1.54, 1.807) is 14.2 Å². The van der Waals surface area contributed by atoms with Crippen molar-refractivity contribution in [3.8, 4) is 11.5 Å². The fourth-order valence-corrected chi connectivity index (χ4v) is 3.72. The number of ether oxygens (including phenoxy) is 4. The minimum absolute atomic E-state index is 0.226. The van der Waals surface area contributed by atoms with Gasteiger partial charge in [-0.3, -0.25) is 4.90 Å². The van der Waals surface area contributed by atoms with Crippen LogP contribution in [-0.4, -0.2) is 58.9 Å². The van der Waals surface area contributed by atoms with Gasteiger partial charge in [-0.05, 0) is 23.6 Å². The van der Waals surface area contributed by atoms with Gasteiger partial charge < -0.3 is 23.8 Å². The lowest BCUT2D eigenvalue weighted by atomic mass is 10.2. The maximum atomic E-state index is 5.75. The lowest BCUT2D eigenvalue weighted by molar-refractivity contribution is 0.0485. The minimum Gasteiger partial charge on any atom is -0.467 e. The van der Waals surface area contributed by atoms with E-state index in [1.807, 2.05) is 29.5 Å². The Labute approximate surface area is 158 Å². The molecule has 1 aliphatic rings. The lowest BCUT2D eigenvalue weighted by Gasteiger charge is -2.36. The zero-order valence-corrected chi connectivity index (χ0v) is 16.2. The van der Waals surface area contributed by atoms with E-state index >= 15 is 0 Å². The molecule has 1 aliphatic heterocycles. The topological polar surface area (TPSA) is 43.4 Å². The lowest BCUT2D eigenvalue weighted by Crippen LogP contribution is -2.46. The summed E-state index contributed by atoms with van der Waals surface area (Å²) < 4.78 is 21.4. The molecule has 0 amide bonds. The number of benzene rings is 1. The van der Waals surface area contributed by atoms with Gasteiger partial charge in [0.2, 0.25) is 0 Å². The Balaban J connectivity index is 1.66. The molecule has 0 N–H and O–H groups in total. The predicted octanol–water partition coefficient (Wildman–Crippen LogP) is 3.04. The molecule has 1 aromatic heterocycles. The minimum atomic E-state index is 0.226. The van der Waals surface area contributed by atoms with Crippen LogP contribution in [0.25, 0.3) is 0 Å². The van der Waals surface area contributed by atoms with Crippen LogP contribution >= 0.6 is 11.3 Å². The van der Waals surface area contributed by atoms with Crippen LogP contribution in [0, 0.1) is 0 Å². The van der Waals surface area contributed by atoms with E-state index in [-0.39, 0.29) is 13.6 Å². The number of thiophene rings is 1. The molecule has 7 heteroatoms. The average molecular weight is 378 g/mol. The Morgan fingerprint density at radius 3 is 2.42 bits per heavy atom. The maximum Gasteiger partial charge on any atom is 0.188 e. The number of methoxy groups -OCH3 is 2. The largest absolute Gasteiger partial charge is 0.467 e. The van der Waals surface area contributed by atoms with Crippen LogP contribution in [0.5, 0.6) is 11.5 Å². The second-order valence-corrected chi connectivity index (χ2v) is 7.11. The van der Waals surface area contributed by atoms with E-state index < -0.39 is 0 Å². The third-order valence-electron chi connectivity index (χ3n) is 4.28. The number of rotatable bonds is 9. The Hall–Kier alpha value is -1.80. The molecule has 2 aromatic rings. The monoisotopic (exact) mass is 378 g/mol. The Kier molecular flexibility index (Phi) is 7.13. The van der Waals surface area contributed by atoms with Gasteiger partial charge in [0, 0.05) is 57.9 Å². The zero-order valence-electron chi connectivity index (χ0n) is 15.3. The van der Waals surface area contributed by atoms with Crippen LogP contribution in [0.1, 0.15) is 4.88 Å². The van der Waals surface area contributed by atoms with E-state index in [4.69, 9.17) is 18.9 Å². The second-order valence-electron chi connectivity index (χ2n) is 6.07. The highest BCUT2D eigenvalue weighted by Crippen LogP contribution is 2.33. The third-order valence-corrected chi connectivity index (χ3v) is 5.14. The molecule has 0 unspecified atom stereocenters. The van der Waals surface area contributed by atoms with Crippen LogP contribution in [0.4, 0.5) is 5.69 Å². The van der Waals surface area contributed by atoms with Crippen molar-refractivity contribution >= 4 is 17.0 Å². The Morgan fingerprint density at radius 2 is 1.73 bits per heavy atom. The maximum absolute atomic E-state index is 5.75. The molecule has 6 nitrogen and oxygen atoms in total. The van der Waals surface area contributed by atoms with Gasteiger partial charge in [-0.25, -0.2) is 0 Å². The first-order chi connectivity index (χ1) is 12.8. The third kappa shape index (κ3) is 5.11. The second kappa shape index (κ2) is 9.78. The highest BCUT2D eigenvalue weighted by Gasteiger charge is 2.21. The number of piperazine rings is 1. The standard InChI is InChI=1S/C19H26N2O4S/c1-22-14-24-16-5-6-19(25-15-23-2)18(12-16)21-9-7-20(8-10-21)13-17-4-3-11-26-17/h3-6,11-12H,7-10,13-15H2,1-2H3. The molecule has 1 saturated heterocycles. The van der Waals surface area contributed by atoms with Crippen molar-refractivity contribution in [3.05, 3.63) is 40.6 Å². The van der Waals surface area contributed by atoms with Gasteiger partial charge in [0.05, 0.1) is 5.69 Å². The fraction of sp³-hybridized carbons (Fsp3) is 0.474.